The van der Waals surface area contributed by atoms with Crippen molar-refractivity contribution >= 4 is 16.1 Å². The van der Waals surface area contributed by atoms with Gasteiger partial charge in [0.1, 0.15) is 0 Å². The first-order valence-electron chi connectivity index (χ1n) is 11.7. The number of nitrogens with zero attached hydrogens (tertiary/aromatic N) is 3. The normalized spacial score (nSPS) is 19.9. The van der Waals surface area contributed by atoms with Gasteiger partial charge in [-0.2, -0.15) is 17.0 Å². The maximum atomic E-state index is 13.1. The van der Waals surface area contributed by atoms with Crippen molar-refractivity contribution in [1.29, 1.82) is 0 Å². The second-order valence-corrected chi connectivity index (χ2v) is 10.8. The Hall–Kier alpha value is -1.88. The van der Waals surface area contributed by atoms with Crippen LogP contribution in [-0.4, -0.2) is 87.4 Å². The molecule has 1 aliphatic heterocycles. The summed E-state index contributed by atoms with van der Waals surface area (Å²) in [5.41, 5.74) is 0.912. The van der Waals surface area contributed by atoms with Gasteiger partial charge in [0.15, 0.2) is 11.5 Å². The number of hydrogen-bond acceptors (Lipinski definition) is 6. The van der Waals surface area contributed by atoms with Crippen LogP contribution in [0.15, 0.2) is 18.2 Å². The molecule has 186 valence electrons. The van der Waals surface area contributed by atoms with Crippen LogP contribution in [0.3, 0.4) is 0 Å². The summed E-state index contributed by atoms with van der Waals surface area (Å²) in [5.74, 6) is 1.18. The lowest BCUT2D eigenvalue weighted by atomic mass is 9.96. The fraction of sp³-hybridized carbons (Fsp3) is 0.696. The molecule has 2 aliphatic rings. The van der Waals surface area contributed by atoms with Gasteiger partial charge in [-0.25, -0.2) is 0 Å². The number of hydrogen-bond donors (Lipinski definition) is 1. The molecule has 0 aromatic heterocycles. The fourth-order valence-corrected chi connectivity index (χ4v) is 6.21. The van der Waals surface area contributed by atoms with Gasteiger partial charge in [0, 0.05) is 45.8 Å². The van der Waals surface area contributed by atoms with E-state index in [0.717, 1.165) is 31.2 Å². The van der Waals surface area contributed by atoms with Crippen molar-refractivity contribution in [3.05, 3.63) is 23.8 Å². The highest BCUT2D eigenvalue weighted by atomic mass is 32.2. The second kappa shape index (κ2) is 11.5. The summed E-state index contributed by atoms with van der Waals surface area (Å²) in [6, 6.07) is 5.30. The number of piperazine rings is 1. The van der Waals surface area contributed by atoms with Crippen LogP contribution in [0, 0.1) is 0 Å². The van der Waals surface area contributed by atoms with E-state index in [2.05, 4.69) is 5.32 Å². The number of nitrogens with one attached hydrogen (secondary N) is 1. The molecule has 1 N–H and O–H groups in total. The molecule has 1 heterocycles. The van der Waals surface area contributed by atoms with Crippen LogP contribution >= 0.6 is 0 Å². The van der Waals surface area contributed by atoms with Gasteiger partial charge in [-0.3, -0.25) is 9.69 Å². The standard InChI is InChI=1S/C23H38N4O5S/c1-18(23(28)24-17-19-10-11-21(31-3)22(16-19)32-4)26-12-14-27(15-13-26)33(29,30)25(2)20-8-6-5-7-9-20/h10-11,16,18,20H,5-9,12-15,17H2,1-4H3,(H,24,28). The number of methoxy groups -OCH3 is 2. The smallest absolute Gasteiger partial charge is 0.282 e. The van der Waals surface area contributed by atoms with Crippen molar-refractivity contribution in [2.75, 3.05) is 47.4 Å². The predicted molar refractivity (Wildman–Crippen MR) is 128 cm³/mol. The first kappa shape index (κ1) is 25.7. The average Bonchev–Trinajstić information content (AvgIpc) is 2.86. The van der Waals surface area contributed by atoms with Crippen LogP contribution < -0.4 is 14.8 Å². The molecular weight excluding hydrogens is 444 g/mol. The van der Waals surface area contributed by atoms with Crippen LogP contribution in [0.2, 0.25) is 0 Å². The first-order chi connectivity index (χ1) is 15.8. The van der Waals surface area contributed by atoms with Gasteiger partial charge in [0.2, 0.25) is 5.91 Å². The Kier molecular flexibility index (Phi) is 8.97. The molecule has 1 aliphatic carbocycles. The molecule has 0 spiro atoms. The van der Waals surface area contributed by atoms with Crippen molar-refractivity contribution in [3.63, 3.8) is 0 Å². The lowest BCUT2D eigenvalue weighted by molar-refractivity contribution is -0.126. The maximum absolute atomic E-state index is 13.1. The van der Waals surface area contributed by atoms with E-state index in [0.29, 0.717) is 44.2 Å². The Bertz CT molecular complexity index is 896. The van der Waals surface area contributed by atoms with Crippen molar-refractivity contribution in [2.24, 2.45) is 0 Å². The SMILES string of the molecule is COc1ccc(CNC(=O)C(C)N2CCN(S(=O)(=O)N(C)C3CCCCC3)CC2)cc1OC. The second-order valence-electron chi connectivity index (χ2n) is 8.83. The van der Waals surface area contributed by atoms with Crippen molar-refractivity contribution in [1.82, 2.24) is 18.8 Å². The topological polar surface area (TPSA) is 91.4 Å². The third-order valence-corrected chi connectivity index (χ3v) is 8.94. The van der Waals surface area contributed by atoms with E-state index < -0.39 is 10.2 Å². The largest absolute Gasteiger partial charge is 0.493 e. The van der Waals surface area contributed by atoms with E-state index in [4.69, 9.17) is 9.47 Å². The number of carbonyl (C=O) groups is 1. The molecular formula is C23H38N4O5S. The van der Waals surface area contributed by atoms with Gasteiger partial charge < -0.3 is 14.8 Å². The molecule has 1 saturated heterocycles. The number of amides is 1. The van der Waals surface area contributed by atoms with Crippen LogP contribution in [0.1, 0.15) is 44.6 Å². The molecule has 1 aromatic carbocycles. The quantitative estimate of drug-likeness (QED) is 0.578. The molecule has 1 atom stereocenters. The highest BCUT2D eigenvalue weighted by molar-refractivity contribution is 7.86. The molecule has 0 radical (unpaired) electrons. The summed E-state index contributed by atoms with van der Waals surface area (Å²) in [4.78, 5) is 14.8. The Morgan fingerprint density at radius 2 is 1.73 bits per heavy atom. The minimum absolute atomic E-state index is 0.0829. The van der Waals surface area contributed by atoms with Gasteiger partial charge in [-0.15, -0.1) is 0 Å². The van der Waals surface area contributed by atoms with Gasteiger partial charge in [0.25, 0.3) is 10.2 Å². The Morgan fingerprint density at radius 1 is 1.09 bits per heavy atom. The summed E-state index contributed by atoms with van der Waals surface area (Å²) in [6.07, 6.45) is 5.25. The van der Waals surface area contributed by atoms with Gasteiger partial charge in [0.05, 0.1) is 20.3 Å². The van der Waals surface area contributed by atoms with Crippen molar-refractivity contribution < 1.29 is 22.7 Å². The van der Waals surface area contributed by atoms with Crippen molar-refractivity contribution in [2.45, 2.75) is 57.7 Å². The number of carbonyl (C=O) groups excluding carboxylic acids is 1. The highest BCUT2D eigenvalue weighted by Crippen LogP contribution is 2.28. The third kappa shape index (κ3) is 6.17. The van der Waals surface area contributed by atoms with Gasteiger partial charge in [-0.05, 0) is 37.5 Å². The highest BCUT2D eigenvalue weighted by Gasteiger charge is 2.36. The Labute approximate surface area is 198 Å². The monoisotopic (exact) mass is 482 g/mol. The lowest BCUT2D eigenvalue weighted by Gasteiger charge is -2.40. The molecule has 0 bridgehead atoms. The predicted octanol–water partition coefficient (Wildman–Crippen LogP) is 1.84. The van der Waals surface area contributed by atoms with E-state index in [-0.39, 0.29) is 18.0 Å². The van der Waals surface area contributed by atoms with Gasteiger partial charge >= 0.3 is 0 Å². The zero-order chi connectivity index (χ0) is 24.0. The summed E-state index contributed by atoms with van der Waals surface area (Å²) >= 11 is 0. The molecule has 3 rings (SSSR count). The number of ether oxygens (including phenoxy) is 2. The molecule has 1 amide bonds. The minimum atomic E-state index is -3.47. The summed E-state index contributed by atoms with van der Waals surface area (Å²) in [6.45, 7) is 4.09. The average molecular weight is 483 g/mol. The summed E-state index contributed by atoms with van der Waals surface area (Å²) < 4.78 is 39.9. The van der Waals surface area contributed by atoms with E-state index in [1.54, 1.807) is 29.9 Å². The first-order valence-corrected chi connectivity index (χ1v) is 13.1. The lowest BCUT2D eigenvalue weighted by Crippen LogP contribution is -2.57. The Balaban J connectivity index is 1.50. The zero-order valence-electron chi connectivity index (χ0n) is 20.2. The molecule has 1 saturated carbocycles. The molecule has 33 heavy (non-hydrogen) atoms. The number of benzene rings is 1. The van der Waals surface area contributed by atoms with E-state index >= 15 is 0 Å². The molecule has 9 nitrogen and oxygen atoms in total. The molecule has 10 heteroatoms. The molecule has 2 fully saturated rings. The van der Waals surface area contributed by atoms with Crippen LogP contribution in [0.4, 0.5) is 0 Å². The van der Waals surface area contributed by atoms with E-state index in [1.165, 1.54) is 6.42 Å². The van der Waals surface area contributed by atoms with Crippen LogP contribution in [0.25, 0.3) is 0 Å². The van der Waals surface area contributed by atoms with E-state index in [9.17, 15) is 13.2 Å². The zero-order valence-corrected chi connectivity index (χ0v) is 21.1. The van der Waals surface area contributed by atoms with Crippen LogP contribution in [0.5, 0.6) is 11.5 Å². The summed E-state index contributed by atoms with van der Waals surface area (Å²) in [5, 5.41) is 2.97. The van der Waals surface area contributed by atoms with Gasteiger partial charge in [-0.1, -0.05) is 25.3 Å². The van der Waals surface area contributed by atoms with Crippen LogP contribution in [-0.2, 0) is 21.5 Å². The molecule has 1 aromatic rings. The van der Waals surface area contributed by atoms with E-state index in [1.807, 2.05) is 30.0 Å². The summed E-state index contributed by atoms with van der Waals surface area (Å²) in [7, 11) is 1.40. The number of rotatable bonds is 9. The van der Waals surface area contributed by atoms with Crippen molar-refractivity contribution in [3.8, 4) is 11.5 Å². The fourth-order valence-electron chi connectivity index (χ4n) is 4.63. The Morgan fingerprint density at radius 3 is 2.33 bits per heavy atom. The minimum Gasteiger partial charge on any atom is -0.493 e. The third-order valence-electron chi connectivity index (χ3n) is 6.89. The molecule has 1 unspecified atom stereocenters. The maximum Gasteiger partial charge on any atom is 0.282 e.